The van der Waals surface area contributed by atoms with Gasteiger partial charge in [0.15, 0.2) is 17.1 Å². The molecule has 0 radical (unpaired) electrons. The number of hydrogen-bond donors (Lipinski definition) is 1. The van der Waals surface area contributed by atoms with Gasteiger partial charge in [-0.3, -0.25) is 4.79 Å². The highest BCUT2D eigenvalue weighted by atomic mass is 32.2. The molecule has 7 nitrogen and oxygen atoms in total. The van der Waals surface area contributed by atoms with Gasteiger partial charge in [-0.15, -0.1) is 10.2 Å². The number of aromatic nitrogens is 3. The molecule has 1 N–H and O–H groups in total. The first-order valence-corrected chi connectivity index (χ1v) is 10.7. The van der Waals surface area contributed by atoms with Crippen LogP contribution in [-0.4, -0.2) is 33.0 Å². The lowest BCUT2D eigenvalue weighted by Crippen LogP contribution is -2.15. The van der Waals surface area contributed by atoms with Crippen LogP contribution < -0.4 is 14.8 Å². The van der Waals surface area contributed by atoms with Crippen molar-refractivity contribution in [2.24, 2.45) is 7.05 Å². The predicted octanol–water partition coefficient (Wildman–Crippen LogP) is 4.39. The van der Waals surface area contributed by atoms with E-state index < -0.39 is 0 Å². The number of carbonyl (C=O) groups is 1. The smallest absolute Gasteiger partial charge is 0.234 e. The van der Waals surface area contributed by atoms with Gasteiger partial charge in [0.1, 0.15) is 11.5 Å². The van der Waals surface area contributed by atoms with Crippen LogP contribution in [0.4, 0.5) is 5.69 Å². The van der Waals surface area contributed by atoms with E-state index in [1.807, 2.05) is 80.9 Å². The van der Waals surface area contributed by atoms with Crippen LogP contribution in [0.15, 0.2) is 53.7 Å². The Bertz CT molecular complexity index is 1010. The first-order chi connectivity index (χ1) is 14.5. The summed E-state index contributed by atoms with van der Waals surface area (Å²) in [5.41, 5.74) is 1.79. The highest BCUT2D eigenvalue weighted by Crippen LogP contribution is 2.26. The molecule has 2 aromatic carbocycles. The fraction of sp³-hybridized carbons (Fsp3) is 0.318. The van der Waals surface area contributed by atoms with Gasteiger partial charge in [0.2, 0.25) is 5.91 Å². The van der Waals surface area contributed by atoms with Gasteiger partial charge in [0.05, 0.1) is 18.0 Å². The van der Waals surface area contributed by atoms with Crippen molar-refractivity contribution in [1.82, 2.24) is 14.8 Å². The molecule has 0 aliphatic heterocycles. The first kappa shape index (κ1) is 21.7. The fourth-order valence-corrected chi connectivity index (χ4v) is 3.64. The van der Waals surface area contributed by atoms with Crippen LogP contribution in [0.25, 0.3) is 0 Å². The number of hydrogen-bond acceptors (Lipinski definition) is 6. The summed E-state index contributed by atoms with van der Waals surface area (Å²) in [5.74, 6) is 2.20. The summed E-state index contributed by atoms with van der Waals surface area (Å²) in [6.07, 6.45) is -0.273. The molecule has 0 aliphatic rings. The molecule has 8 heteroatoms. The van der Waals surface area contributed by atoms with Crippen LogP contribution in [0.1, 0.15) is 31.3 Å². The van der Waals surface area contributed by atoms with Crippen molar-refractivity contribution in [1.29, 1.82) is 0 Å². The lowest BCUT2D eigenvalue weighted by molar-refractivity contribution is -0.113. The molecule has 30 heavy (non-hydrogen) atoms. The number of carbonyl (C=O) groups excluding carboxylic acids is 1. The third-order valence-electron chi connectivity index (χ3n) is 4.33. The molecule has 1 unspecified atom stereocenters. The molecular formula is C22H26N4O3S. The number of nitrogens with one attached hydrogen (secondary N) is 1. The van der Waals surface area contributed by atoms with Crippen LogP contribution in [-0.2, 0) is 11.8 Å². The number of para-hydroxylation sites is 2. The minimum absolute atomic E-state index is 0.138. The van der Waals surface area contributed by atoms with Gasteiger partial charge in [-0.1, -0.05) is 36.0 Å². The molecule has 1 heterocycles. The number of rotatable bonds is 9. The highest BCUT2D eigenvalue weighted by molar-refractivity contribution is 7.99. The van der Waals surface area contributed by atoms with Gasteiger partial charge >= 0.3 is 0 Å². The van der Waals surface area contributed by atoms with Crippen molar-refractivity contribution in [3.05, 3.63) is 59.9 Å². The largest absolute Gasteiger partial charge is 0.492 e. The Morgan fingerprint density at radius 2 is 2.00 bits per heavy atom. The summed E-state index contributed by atoms with van der Waals surface area (Å²) in [6.45, 7) is 6.39. The Morgan fingerprint density at radius 3 is 2.77 bits per heavy atom. The van der Waals surface area contributed by atoms with Crippen molar-refractivity contribution < 1.29 is 14.3 Å². The molecule has 3 rings (SSSR count). The number of ether oxygens (including phenoxy) is 2. The lowest BCUT2D eigenvalue weighted by atomic mass is 10.2. The van der Waals surface area contributed by atoms with E-state index >= 15 is 0 Å². The number of amides is 1. The fourth-order valence-electron chi connectivity index (χ4n) is 2.92. The summed E-state index contributed by atoms with van der Waals surface area (Å²) >= 11 is 1.32. The summed E-state index contributed by atoms with van der Waals surface area (Å²) in [7, 11) is 1.87. The molecule has 0 saturated carbocycles. The van der Waals surface area contributed by atoms with Crippen LogP contribution in [0, 0.1) is 6.92 Å². The Kier molecular flexibility index (Phi) is 7.35. The molecule has 0 saturated heterocycles. The predicted molar refractivity (Wildman–Crippen MR) is 118 cm³/mol. The minimum Gasteiger partial charge on any atom is -0.492 e. The SMILES string of the molecule is CCOc1ccccc1NC(=O)CSc1nnc(C(C)Oc2cccc(C)c2)n1C. The topological polar surface area (TPSA) is 78.3 Å². The third kappa shape index (κ3) is 5.54. The van der Waals surface area contributed by atoms with Crippen molar-refractivity contribution in [2.45, 2.75) is 32.0 Å². The van der Waals surface area contributed by atoms with Gasteiger partial charge < -0.3 is 19.4 Å². The molecule has 0 bridgehead atoms. The van der Waals surface area contributed by atoms with Gasteiger partial charge in [-0.05, 0) is 50.6 Å². The Labute approximate surface area is 180 Å². The third-order valence-corrected chi connectivity index (χ3v) is 5.35. The highest BCUT2D eigenvalue weighted by Gasteiger charge is 2.18. The van der Waals surface area contributed by atoms with Gasteiger partial charge in [-0.25, -0.2) is 0 Å². The van der Waals surface area contributed by atoms with Crippen molar-refractivity contribution in [3.8, 4) is 11.5 Å². The quantitative estimate of drug-likeness (QED) is 0.511. The first-order valence-electron chi connectivity index (χ1n) is 9.75. The standard InChI is InChI=1S/C22H26N4O3S/c1-5-28-19-12-7-6-11-18(19)23-20(27)14-30-22-25-24-21(26(22)4)16(3)29-17-10-8-9-15(2)13-17/h6-13,16H,5,14H2,1-4H3,(H,23,27). The molecule has 1 atom stereocenters. The number of aryl methyl sites for hydroxylation is 1. The summed E-state index contributed by atoms with van der Waals surface area (Å²) < 4.78 is 13.4. The summed E-state index contributed by atoms with van der Waals surface area (Å²) in [4.78, 5) is 12.4. The maximum absolute atomic E-state index is 12.4. The molecule has 0 spiro atoms. The molecule has 0 fully saturated rings. The van der Waals surface area contributed by atoms with Crippen LogP contribution in [0.3, 0.4) is 0 Å². The zero-order valence-electron chi connectivity index (χ0n) is 17.6. The van der Waals surface area contributed by atoms with Gasteiger partial charge in [0.25, 0.3) is 0 Å². The van der Waals surface area contributed by atoms with E-state index in [-0.39, 0.29) is 17.8 Å². The molecule has 3 aromatic rings. The summed E-state index contributed by atoms with van der Waals surface area (Å²) in [6, 6.07) is 15.2. The van der Waals surface area contributed by atoms with Crippen LogP contribution in [0.2, 0.25) is 0 Å². The van der Waals surface area contributed by atoms with Crippen LogP contribution in [0.5, 0.6) is 11.5 Å². The van der Waals surface area contributed by atoms with Crippen molar-refractivity contribution in [3.63, 3.8) is 0 Å². The second-order valence-electron chi connectivity index (χ2n) is 6.74. The molecule has 0 aliphatic carbocycles. The number of anilines is 1. The van der Waals surface area contributed by atoms with E-state index in [1.54, 1.807) is 0 Å². The lowest BCUT2D eigenvalue weighted by Gasteiger charge is -2.14. The summed E-state index contributed by atoms with van der Waals surface area (Å²) in [5, 5.41) is 12.0. The van der Waals surface area contributed by atoms with Crippen molar-refractivity contribution >= 4 is 23.4 Å². The molecule has 1 amide bonds. The Balaban J connectivity index is 1.59. The van der Waals surface area contributed by atoms with Gasteiger partial charge in [0, 0.05) is 7.05 Å². The molecule has 158 valence electrons. The van der Waals surface area contributed by atoms with E-state index in [0.29, 0.717) is 29.0 Å². The van der Waals surface area contributed by atoms with Crippen LogP contribution >= 0.6 is 11.8 Å². The molecule has 1 aromatic heterocycles. The minimum atomic E-state index is -0.273. The van der Waals surface area contributed by atoms with E-state index in [4.69, 9.17) is 9.47 Å². The number of thioether (sulfide) groups is 1. The molecular weight excluding hydrogens is 400 g/mol. The average Bonchev–Trinajstić information content (AvgIpc) is 3.09. The maximum Gasteiger partial charge on any atom is 0.234 e. The van der Waals surface area contributed by atoms with E-state index in [9.17, 15) is 4.79 Å². The zero-order chi connectivity index (χ0) is 21.5. The number of nitrogens with zero attached hydrogens (tertiary/aromatic N) is 3. The second-order valence-corrected chi connectivity index (χ2v) is 7.68. The van der Waals surface area contributed by atoms with E-state index in [0.717, 1.165) is 11.3 Å². The van der Waals surface area contributed by atoms with E-state index in [1.165, 1.54) is 11.8 Å². The Morgan fingerprint density at radius 1 is 1.20 bits per heavy atom. The maximum atomic E-state index is 12.4. The zero-order valence-corrected chi connectivity index (χ0v) is 18.4. The number of benzene rings is 2. The van der Waals surface area contributed by atoms with Gasteiger partial charge in [-0.2, -0.15) is 0 Å². The van der Waals surface area contributed by atoms with Crippen molar-refractivity contribution in [2.75, 3.05) is 17.7 Å². The normalized spacial score (nSPS) is 11.7. The second kappa shape index (κ2) is 10.2. The average molecular weight is 427 g/mol. The monoisotopic (exact) mass is 426 g/mol. The Hall–Kier alpha value is -3.00. The van der Waals surface area contributed by atoms with E-state index in [2.05, 4.69) is 15.5 Å².